The smallest absolute Gasteiger partial charge is 0.315 e. The third-order valence-electron chi connectivity index (χ3n) is 2.91. The topological polar surface area (TPSA) is 87.7 Å². The van der Waals surface area contributed by atoms with Gasteiger partial charge in [0.1, 0.15) is 0 Å². The van der Waals surface area contributed by atoms with E-state index in [0.717, 1.165) is 19.3 Å². The summed E-state index contributed by atoms with van der Waals surface area (Å²) in [5.74, 6) is -0.918. The normalized spacial score (nSPS) is 25.3. The van der Waals surface area contributed by atoms with Crippen molar-refractivity contribution in [3.63, 3.8) is 0 Å². The summed E-state index contributed by atoms with van der Waals surface area (Å²) in [6.45, 7) is 1.67. The average Bonchev–Trinajstić information content (AvgIpc) is 2.63. The zero-order valence-corrected chi connectivity index (χ0v) is 10.2. The zero-order valence-electron chi connectivity index (χ0n) is 10.2. The van der Waals surface area contributed by atoms with Crippen LogP contribution in [0, 0.1) is 0 Å². The van der Waals surface area contributed by atoms with Gasteiger partial charge in [0, 0.05) is 19.2 Å². The van der Waals surface area contributed by atoms with E-state index in [0.29, 0.717) is 0 Å². The highest BCUT2D eigenvalue weighted by atomic mass is 16.5. The highest BCUT2D eigenvalue weighted by Crippen LogP contribution is 2.21. The van der Waals surface area contributed by atoms with Gasteiger partial charge < -0.3 is 20.5 Å². The van der Waals surface area contributed by atoms with E-state index in [4.69, 9.17) is 9.84 Å². The molecule has 3 unspecified atom stereocenters. The highest BCUT2D eigenvalue weighted by molar-refractivity contribution is 5.75. The van der Waals surface area contributed by atoms with Crippen molar-refractivity contribution in [2.75, 3.05) is 7.11 Å². The molecule has 3 N–H and O–H groups in total. The maximum absolute atomic E-state index is 11.5. The summed E-state index contributed by atoms with van der Waals surface area (Å²) in [7, 11) is 1.67. The largest absolute Gasteiger partial charge is 0.481 e. The van der Waals surface area contributed by atoms with Crippen LogP contribution < -0.4 is 10.6 Å². The molecule has 0 spiro atoms. The number of carbonyl (C=O) groups is 2. The Hall–Kier alpha value is -1.30. The van der Waals surface area contributed by atoms with E-state index in [1.165, 1.54) is 0 Å². The Bertz CT molecular complexity index is 283. The van der Waals surface area contributed by atoms with Gasteiger partial charge in [-0.25, -0.2) is 4.79 Å². The molecule has 3 atom stereocenters. The lowest BCUT2D eigenvalue weighted by atomic mass is 10.2. The maximum atomic E-state index is 11.5. The lowest BCUT2D eigenvalue weighted by molar-refractivity contribution is -0.137. The second-order valence-electron chi connectivity index (χ2n) is 4.48. The van der Waals surface area contributed by atoms with E-state index in [1.54, 1.807) is 14.0 Å². The molecule has 1 fully saturated rings. The maximum Gasteiger partial charge on any atom is 0.315 e. The SMILES string of the molecule is COC1CCC(NC(=O)NC(C)CC(=O)O)C1. The number of carbonyl (C=O) groups excluding carboxylic acids is 1. The Balaban J connectivity index is 2.23. The molecule has 0 heterocycles. The van der Waals surface area contributed by atoms with Gasteiger partial charge in [-0.2, -0.15) is 0 Å². The number of carboxylic acids is 1. The van der Waals surface area contributed by atoms with Gasteiger partial charge in [-0.1, -0.05) is 0 Å². The predicted molar refractivity (Wildman–Crippen MR) is 61.8 cm³/mol. The first kappa shape index (κ1) is 13.8. The van der Waals surface area contributed by atoms with Crippen LogP contribution in [0.15, 0.2) is 0 Å². The Labute approximate surface area is 101 Å². The number of urea groups is 1. The van der Waals surface area contributed by atoms with Crippen LogP contribution >= 0.6 is 0 Å². The third kappa shape index (κ3) is 5.04. The average molecular weight is 244 g/mol. The number of amides is 2. The minimum Gasteiger partial charge on any atom is -0.481 e. The van der Waals surface area contributed by atoms with Gasteiger partial charge in [-0.15, -0.1) is 0 Å². The van der Waals surface area contributed by atoms with Crippen molar-refractivity contribution >= 4 is 12.0 Å². The first-order chi connectivity index (χ1) is 8.01. The second kappa shape index (κ2) is 6.44. The fourth-order valence-electron chi connectivity index (χ4n) is 2.05. The van der Waals surface area contributed by atoms with E-state index < -0.39 is 5.97 Å². The van der Waals surface area contributed by atoms with Gasteiger partial charge in [0.2, 0.25) is 0 Å². The Kier molecular flexibility index (Phi) is 5.21. The first-order valence-electron chi connectivity index (χ1n) is 5.83. The van der Waals surface area contributed by atoms with Gasteiger partial charge in [-0.3, -0.25) is 4.79 Å². The third-order valence-corrected chi connectivity index (χ3v) is 2.91. The monoisotopic (exact) mass is 244 g/mol. The van der Waals surface area contributed by atoms with Crippen molar-refractivity contribution in [3.8, 4) is 0 Å². The van der Waals surface area contributed by atoms with Crippen LogP contribution in [0.4, 0.5) is 4.79 Å². The van der Waals surface area contributed by atoms with Crippen LogP contribution in [-0.4, -0.2) is 42.4 Å². The lowest BCUT2D eigenvalue weighted by Gasteiger charge is -2.16. The highest BCUT2D eigenvalue weighted by Gasteiger charge is 2.25. The molecule has 0 radical (unpaired) electrons. The van der Waals surface area contributed by atoms with Gasteiger partial charge >= 0.3 is 12.0 Å². The van der Waals surface area contributed by atoms with E-state index in [2.05, 4.69) is 10.6 Å². The Morgan fingerprint density at radius 3 is 2.71 bits per heavy atom. The number of carboxylic acid groups (broad SMARTS) is 1. The lowest BCUT2D eigenvalue weighted by Crippen LogP contribution is -2.45. The number of nitrogens with one attached hydrogen (secondary N) is 2. The molecule has 0 saturated heterocycles. The van der Waals surface area contributed by atoms with Crippen LogP contribution in [0.2, 0.25) is 0 Å². The summed E-state index contributed by atoms with van der Waals surface area (Å²) in [6.07, 6.45) is 2.82. The molecule has 0 aromatic rings. The van der Waals surface area contributed by atoms with E-state index in [-0.39, 0.29) is 30.6 Å². The van der Waals surface area contributed by atoms with E-state index in [9.17, 15) is 9.59 Å². The van der Waals surface area contributed by atoms with Crippen LogP contribution in [0.5, 0.6) is 0 Å². The minimum atomic E-state index is -0.918. The first-order valence-corrected chi connectivity index (χ1v) is 5.83. The number of hydrogen-bond acceptors (Lipinski definition) is 3. The van der Waals surface area contributed by atoms with Crippen molar-refractivity contribution in [2.45, 2.75) is 50.8 Å². The summed E-state index contributed by atoms with van der Waals surface area (Å²) >= 11 is 0. The number of aliphatic carboxylic acids is 1. The van der Waals surface area contributed by atoms with Gasteiger partial charge in [0.05, 0.1) is 12.5 Å². The fraction of sp³-hybridized carbons (Fsp3) is 0.818. The van der Waals surface area contributed by atoms with E-state index in [1.807, 2.05) is 0 Å². The molecule has 1 saturated carbocycles. The van der Waals surface area contributed by atoms with E-state index >= 15 is 0 Å². The van der Waals surface area contributed by atoms with Crippen molar-refractivity contribution in [3.05, 3.63) is 0 Å². The molecule has 0 aromatic heterocycles. The van der Waals surface area contributed by atoms with Crippen LogP contribution in [-0.2, 0) is 9.53 Å². The number of methoxy groups -OCH3 is 1. The molecular formula is C11H20N2O4. The Morgan fingerprint density at radius 1 is 1.47 bits per heavy atom. The quantitative estimate of drug-likeness (QED) is 0.665. The fourth-order valence-corrected chi connectivity index (χ4v) is 2.05. The molecule has 0 aliphatic heterocycles. The van der Waals surface area contributed by atoms with Gasteiger partial charge in [0.25, 0.3) is 0 Å². The summed E-state index contributed by atoms with van der Waals surface area (Å²) in [6, 6.07) is -0.551. The Morgan fingerprint density at radius 2 is 2.18 bits per heavy atom. The summed E-state index contributed by atoms with van der Waals surface area (Å²) in [5, 5.41) is 14.0. The second-order valence-corrected chi connectivity index (χ2v) is 4.48. The molecule has 6 heteroatoms. The van der Waals surface area contributed by atoms with Gasteiger partial charge in [-0.05, 0) is 26.2 Å². The van der Waals surface area contributed by atoms with Crippen LogP contribution in [0.3, 0.4) is 0 Å². The predicted octanol–water partition coefficient (Wildman–Crippen LogP) is 0.716. The molecule has 17 heavy (non-hydrogen) atoms. The molecule has 1 aliphatic rings. The zero-order chi connectivity index (χ0) is 12.8. The molecule has 98 valence electrons. The molecule has 0 aromatic carbocycles. The molecule has 1 rings (SSSR count). The molecular weight excluding hydrogens is 224 g/mol. The number of hydrogen-bond donors (Lipinski definition) is 3. The van der Waals surface area contributed by atoms with Crippen molar-refractivity contribution < 1.29 is 19.4 Å². The minimum absolute atomic E-state index is 0.0707. The van der Waals surface area contributed by atoms with Crippen LogP contribution in [0.1, 0.15) is 32.6 Å². The molecule has 2 amide bonds. The van der Waals surface area contributed by atoms with Crippen molar-refractivity contribution in [1.82, 2.24) is 10.6 Å². The van der Waals surface area contributed by atoms with Crippen LogP contribution in [0.25, 0.3) is 0 Å². The molecule has 6 nitrogen and oxygen atoms in total. The number of rotatable bonds is 5. The van der Waals surface area contributed by atoms with Crippen molar-refractivity contribution in [1.29, 1.82) is 0 Å². The standard InChI is InChI=1S/C11H20N2O4/c1-7(5-10(14)15)12-11(16)13-8-3-4-9(6-8)17-2/h7-9H,3-6H2,1-2H3,(H,14,15)(H2,12,13,16). The molecule has 0 bridgehead atoms. The molecule has 1 aliphatic carbocycles. The van der Waals surface area contributed by atoms with Gasteiger partial charge in [0.15, 0.2) is 0 Å². The summed E-state index contributed by atoms with van der Waals surface area (Å²) < 4.78 is 5.21. The summed E-state index contributed by atoms with van der Waals surface area (Å²) in [5.41, 5.74) is 0. The van der Waals surface area contributed by atoms with Crippen molar-refractivity contribution in [2.24, 2.45) is 0 Å². The number of ether oxygens (including phenoxy) is 1. The summed E-state index contributed by atoms with van der Waals surface area (Å²) in [4.78, 5) is 22.0.